The van der Waals surface area contributed by atoms with Gasteiger partial charge in [-0.25, -0.2) is 4.68 Å². The second kappa shape index (κ2) is 6.61. The molecule has 0 radical (unpaired) electrons. The number of aromatic nitrogens is 2. The zero-order chi connectivity index (χ0) is 12.8. The van der Waals surface area contributed by atoms with Gasteiger partial charge in [0.2, 0.25) is 0 Å². The number of esters is 1. The fraction of sp³-hybridized carbons (Fsp3) is 0.500. The molecule has 0 saturated heterocycles. The van der Waals surface area contributed by atoms with Crippen LogP contribution in [0.25, 0.3) is 0 Å². The van der Waals surface area contributed by atoms with E-state index in [0.29, 0.717) is 6.61 Å². The van der Waals surface area contributed by atoms with E-state index >= 15 is 0 Å². The van der Waals surface area contributed by atoms with Crippen LogP contribution >= 0.6 is 23.2 Å². The lowest BCUT2D eigenvalue weighted by Crippen LogP contribution is -2.28. The van der Waals surface area contributed by atoms with E-state index in [2.05, 4.69) is 5.10 Å². The first kappa shape index (κ1) is 14.0. The summed E-state index contributed by atoms with van der Waals surface area (Å²) in [5, 5.41) is 3.61. The molecule has 0 atom stereocenters. The number of carbonyl (C=O) groups excluding carboxylic acids is 1. The van der Waals surface area contributed by atoms with Gasteiger partial charge in [0.25, 0.3) is 5.56 Å². The Bertz CT molecular complexity index is 459. The van der Waals surface area contributed by atoms with Crippen LogP contribution in [0.4, 0.5) is 0 Å². The Morgan fingerprint density at radius 3 is 2.88 bits per heavy atom. The number of ether oxygens (including phenoxy) is 1. The number of halogens is 2. The highest BCUT2D eigenvalue weighted by Gasteiger charge is 2.11. The van der Waals surface area contributed by atoms with Crippen molar-refractivity contribution in [2.45, 2.75) is 26.3 Å². The zero-order valence-electron chi connectivity index (χ0n) is 9.28. The first-order chi connectivity index (χ1) is 8.06. The fourth-order valence-electron chi connectivity index (χ4n) is 1.06. The Morgan fingerprint density at radius 2 is 2.24 bits per heavy atom. The summed E-state index contributed by atoms with van der Waals surface area (Å²) in [6.45, 7) is 2.06. The van der Waals surface area contributed by atoms with Crippen LogP contribution in [0, 0.1) is 0 Å². The third-order valence-corrected chi connectivity index (χ3v) is 2.73. The molecule has 0 aliphatic rings. The normalized spacial score (nSPS) is 10.3. The molecule has 1 rings (SSSR count). The second-order valence-corrected chi connectivity index (χ2v) is 4.13. The van der Waals surface area contributed by atoms with Gasteiger partial charge in [0.05, 0.1) is 17.8 Å². The molecule has 0 aromatic carbocycles. The maximum atomic E-state index is 11.5. The Kier molecular flexibility index (Phi) is 5.44. The topological polar surface area (TPSA) is 61.2 Å². The van der Waals surface area contributed by atoms with E-state index in [-0.39, 0.29) is 16.6 Å². The van der Waals surface area contributed by atoms with Crippen molar-refractivity contribution in [1.82, 2.24) is 9.78 Å². The molecule has 94 valence electrons. The zero-order valence-corrected chi connectivity index (χ0v) is 10.8. The number of nitrogens with zero attached hydrogens (tertiary/aromatic N) is 2. The summed E-state index contributed by atoms with van der Waals surface area (Å²) in [5.41, 5.74) is -0.605. The van der Waals surface area contributed by atoms with E-state index in [1.165, 1.54) is 6.20 Å². The molecule has 0 unspecified atom stereocenters. The molecule has 0 spiro atoms. The maximum Gasteiger partial charge on any atom is 0.327 e. The summed E-state index contributed by atoms with van der Waals surface area (Å²) < 4.78 is 5.82. The van der Waals surface area contributed by atoms with E-state index < -0.39 is 11.5 Å². The van der Waals surface area contributed by atoms with Gasteiger partial charge in [-0.3, -0.25) is 9.59 Å². The highest BCUT2D eigenvalue weighted by atomic mass is 35.5. The number of unbranched alkanes of at least 4 members (excludes halogenated alkanes) is 1. The minimum atomic E-state index is -0.605. The van der Waals surface area contributed by atoms with Gasteiger partial charge in [0.15, 0.2) is 0 Å². The van der Waals surface area contributed by atoms with E-state index in [1.54, 1.807) is 0 Å². The van der Waals surface area contributed by atoms with Gasteiger partial charge in [-0.2, -0.15) is 5.10 Å². The summed E-state index contributed by atoms with van der Waals surface area (Å²) in [6.07, 6.45) is 2.93. The summed E-state index contributed by atoms with van der Waals surface area (Å²) in [6, 6.07) is 0. The van der Waals surface area contributed by atoms with Crippen molar-refractivity contribution in [1.29, 1.82) is 0 Å². The van der Waals surface area contributed by atoms with Gasteiger partial charge < -0.3 is 4.74 Å². The van der Waals surface area contributed by atoms with Crippen LogP contribution in [-0.2, 0) is 16.1 Å². The molecule has 0 saturated carbocycles. The molecule has 1 aromatic rings. The predicted octanol–water partition coefficient (Wildman–Crippen LogP) is 1.89. The van der Waals surface area contributed by atoms with Crippen LogP contribution in [0.15, 0.2) is 11.0 Å². The average molecular weight is 279 g/mol. The molecule has 0 bridgehead atoms. The predicted molar refractivity (Wildman–Crippen MR) is 64.4 cm³/mol. The van der Waals surface area contributed by atoms with Crippen molar-refractivity contribution in [3.8, 4) is 0 Å². The Morgan fingerprint density at radius 1 is 1.53 bits per heavy atom. The summed E-state index contributed by atoms with van der Waals surface area (Å²) in [7, 11) is 0. The first-order valence-corrected chi connectivity index (χ1v) is 5.88. The van der Waals surface area contributed by atoms with Crippen molar-refractivity contribution < 1.29 is 9.53 Å². The molecule has 0 aliphatic carbocycles. The van der Waals surface area contributed by atoms with Gasteiger partial charge in [0, 0.05) is 0 Å². The standard InChI is InChI=1S/C10H12Cl2N2O3/c1-2-3-4-17-8(15)6-14-10(16)9(12)7(11)5-13-14/h5H,2-4,6H2,1H3. The van der Waals surface area contributed by atoms with Crippen molar-refractivity contribution >= 4 is 29.2 Å². The van der Waals surface area contributed by atoms with Crippen LogP contribution in [0.1, 0.15) is 19.8 Å². The first-order valence-electron chi connectivity index (χ1n) is 5.13. The van der Waals surface area contributed by atoms with Crippen molar-refractivity contribution in [2.75, 3.05) is 6.61 Å². The second-order valence-electron chi connectivity index (χ2n) is 3.34. The number of rotatable bonds is 5. The molecule has 0 amide bonds. The number of hydrogen-bond donors (Lipinski definition) is 0. The SMILES string of the molecule is CCCCOC(=O)Cn1ncc(Cl)c(Cl)c1=O. The molecular weight excluding hydrogens is 267 g/mol. The lowest BCUT2D eigenvalue weighted by Gasteiger charge is -2.06. The quantitative estimate of drug-likeness (QED) is 0.610. The van der Waals surface area contributed by atoms with Gasteiger partial charge in [-0.1, -0.05) is 36.5 Å². The summed E-state index contributed by atoms with van der Waals surface area (Å²) in [5.74, 6) is -0.522. The van der Waals surface area contributed by atoms with Crippen LogP contribution in [0.2, 0.25) is 10.0 Å². The van der Waals surface area contributed by atoms with Crippen molar-refractivity contribution in [3.05, 3.63) is 26.6 Å². The largest absolute Gasteiger partial charge is 0.464 e. The van der Waals surface area contributed by atoms with Gasteiger partial charge in [-0.05, 0) is 6.42 Å². The van der Waals surface area contributed by atoms with Gasteiger partial charge in [0.1, 0.15) is 11.6 Å². The minimum absolute atomic E-state index is 0.0623. The molecule has 1 heterocycles. The lowest BCUT2D eigenvalue weighted by molar-refractivity contribution is -0.144. The monoisotopic (exact) mass is 278 g/mol. The van der Waals surface area contributed by atoms with Crippen molar-refractivity contribution in [2.24, 2.45) is 0 Å². The Hall–Kier alpha value is -1.07. The van der Waals surface area contributed by atoms with E-state index in [4.69, 9.17) is 27.9 Å². The average Bonchev–Trinajstić information content (AvgIpc) is 2.30. The number of hydrogen-bond acceptors (Lipinski definition) is 4. The summed E-state index contributed by atoms with van der Waals surface area (Å²) in [4.78, 5) is 22.9. The Balaban J connectivity index is 2.66. The third-order valence-electron chi connectivity index (χ3n) is 1.98. The minimum Gasteiger partial charge on any atom is -0.464 e. The van der Waals surface area contributed by atoms with Crippen LogP contribution in [0.3, 0.4) is 0 Å². The molecule has 7 heteroatoms. The van der Waals surface area contributed by atoms with Crippen molar-refractivity contribution in [3.63, 3.8) is 0 Å². The maximum absolute atomic E-state index is 11.5. The highest BCUT2D eigenvalue weighted by molar-refractivity contribution is 6.41. The number of carbonyl (C=O) groups is 1. The van der Waals surface area contributed by atoms with Gasteiger partial charge >= 0.3 is 5.97 Å². The van der Waals surface area contributed by atoms with E-state index in [1.807, 2.05) is 6.92 Å². The molecular formula is C10H12Cl2N2O3. The molecule has 0 aliphatic heterocycles. The molecule has 0 fully saturated rings. The summed E-state index contributed by atoms with van der Waals surface area (Å²) >= 11 is 11.2. The van der Waals surface area contributed by atoms with E-state index in [9.17, 15) is 9.59 Å². The van der Waals surface area contributed by atoms with Crippen LogP contribution in [-0.4, -0.2) is 22.4 Å². The lowest BCUT2D eigenvalue weighted by atomic mass is 10.4. The highest BCUT2D eigenvalue weighted by Crippen LogP contribution is 2.14. The fourth-order valence-corrected chi connectivity index (χ4v) is 1.33. The third kappa shape index (κ3) is 4.02. The molecule has 5 nitrogen and oxygen atoms in total. The molecule has 17 heavy (non-hydrogen) atoms. The van der Waals surface area contributed by atoms with Gasteiger partial charge in [-0.15, -0.1) is 0 Å². The Labute approximate surface area is 108 Å². The van der Waals surface area contributed by atoms with Crippen LogP contribution < -0.4 is 5.56 Å². The smallest absolute Gasteiger partial charge is 0.327 e. The van der Waals surface area contributed by atoms with E-state index in [0.717, 1.165) is 17.5 Å². The molecule has 1 aromatic heterocycles. The van der Waals surface area contributed by atoms with Crippen LogP contribution in [0.5, 0.6) is 0 Å². The molecule has 0 N–H and O–H groups in total.